The first kappa shape index (κ1) is 27.4. The average molecular weight is 577 g/mol. The van der Waals surface area contributed by atoms with Crippen molar-refractivity contribution < 1.29 is 23.8 Å². The first-order valence-electron chi connectivity index (χ1n) is 12.6. The van der Waals surface area contributed by atoms with Gasteiger partial charge in [0.1, 0.15) is 11.8 Å². The van der Waals surface area contributed by atoms with Crippen LogP contribution < -0.4 is 19.5 Å². The van der Waals surface area contributed by atoms with Gasteiger partial charge in [-0.3, -0.25) is 9.59 Å². The van der Waals surface area contributed by atoms with Gasteiger partial charge in [0, 0.05) is 18.1 Å². The number of fused-ring (bicyclic) bond motifs is 1. The lowest BCUT2D eigenvalue weighted by molar-refractivity contribution is -0.143. The molecule has 1 atom stereocenters. The van der Waals surface area contributed by atoms with Crippen LogP contribution in [0.5, 0.6) is 17.2 Å². The highest BCUT2D eigenvalue weighted by molar-refractivity contribution is 6.32. The number of carbonyl (C=O) groups excluding carboxylic acids is 2. The maximum absolute atomic E-state index is 13.8. The number of para-hydroxylation sites is 1. The molecule has 7 nitrogen and oxygen atoms in total. The topological polar surface area (TPSA) is 77.1 Å². The molecule has 9 heteroatoms. The molecule has 0 aliphatic carbocycles. The summed E-state index contributed by atoms with van der Waals surface area (Å²) in [4.78, 5) is 29.1. The van der Waals surface area contributed by atoms with E-state index in [1.54, 1.807) is 42.5 Å². The predicted molar refractivity (Wildman–Crippen MR) is 153 cm³/mol. The number of hydrogen-bond donors (Lipinski definition) is 1. The van der Waals surface area contributed by atoms with E-state index in [1.807, 2.05) is 54.6 Å². The zero-order chi connectivity index (χ0) is 27.9. The molecule has 204 valence electrons. The van der Waals surface area contributed by atoms with Crippen LogP contribution in [0, 0.1) is 0 Å². The molecule has 0 radical (unpaired) electrons. The summed E-state index contributed by atoms with van der Waals surface area (Å²) in [5, 5.41) is 3.95. The normalized spacial score (nSPS) is 12.4. The maximum Gasteiger partial charge on any atom is 0.261 e. The summed E-state index contributed by atoms with van der Waals surface area (Å²) in [6.07, 6.45) is 0. The summed E-state index contributed by atoms with van der Waals surface area (Å²) in [5.41, 5.74) is 2.30. The molecular formula is C31H26Cl2N2O5. The Labute approximate surface area is 242 Å². The number of nitrogens with one attached hydrogen (secondary N) is 1. The van der Waals surface area contributed by atoms with E-state index in [9.17, 15) is 9.59 Å². The Morgan fingerprint density at radius 2 is 1.55 bits per heavy atom. The van der Waals surface area contributed by atoms with E-state index in [4.69, 9.17) is 37.4 Å². The van der Waals surface area contributed by atoms with Gasteiger partial charge in [-0.2, -0.15) is 0 Å². The monoisotopic (exact) mass is 576 g/mol. The minimum absolute atomic E-state index is 0.152. The lowest BCUT2D eigenvalue weighted by Gasteiger charge is -2.31. The fourth-order valence-electron chi connectivity index (χ4n) is 4.34. The smallest absolute Gasteiger partial charge is 0.261 e. The van der Waals surface area contributed by atoms with E-state index < -0.39 is 6.04 Å². The van der Waals surface area contributed by atoms with Crippen molar-refractivity contribution in [2.24, 2.45) is 0 Å². The van der Waals surface area contributed by atoms with Gasteiger partial charge in [-0.1, -0.05) is 83.9 Å². The van der Waals surface area contributed by atoms with Crippen LogP contribution in [0.4, 0.5) is 0 Å². The SMILES string of the molecule is O=C(NCc1ccc2c(c1)OCO2)C(c1ccccc1)N(Cc1ccc(Cl)cc1)C(=O)COc1ccccc1Cl. The second-order valence-corrected chi connectivity index (χ2v) is 9.93. The lowest BCUT2D eigenvalue weighted by atomic mass is 10.0. The summed E-state index contributed by atoms with van der Waals surface area (Å²) in [6.45, 7) is 0.242. The molecule has 0 spiro atoms. The van der Waals surface area contributed by atoms with Crippen LogP contribution in [-0.4, -0.2) is 30.1 Å². The second-order valence-electron chi connectivity index (χ2n) is 9.09. The average Bonchev–Trinajstić information content (AvgIpc) is 3.45. The molecule has 40 heavy (non-hydrogen) atoms. The largest absolute Gasteiger partial charge is 0.482 e. The van der Waals surface area contributed by atoms with Crippen molar-refractivity contribution in [1.82, 2.24) is 10.2 Å². The number of amides is 2. The minimum atomic E-state index is -0.937. The third-order valence-electron chi connectivity index (χ3n) is 6.35. The van der Waals surface area contributed by atoms with Gasteiger partial charge in [0.2, 0.25) is 12.7 Å². The highest BCUT2D eigenvalue weighted by Gasteiger charge is 2.32. The lowest BCUT2D eigenvalue weighted by Crippen LogP contribution is -2.45. The Hall–Kier alpha value is -4.20. The Bertz CT molecular complexity index is 1480. The van der Waals surface area contributed by atoms with Crippen molar-refractivity contribution in [1.29, 1.82) is 0 Å². The van der Waals surface area contributed by atoms with Gasteiger partial charge >= 0.3 is 0 Å². The molecule has 1 aliphatic heterocycles. The molecule has 4 aromatic carbocycles. The van der Waals surface area contributed by atoms with Crippen molar-refractivity contribution in [2.75, 3.05) is 13.4 Å². The molecule has 1 unspecified atom stereocenters. The molecule has 2 amide bonds. The van der Waals surface area contributed by atoms with Crippen molar-refractivity contribution in [2.45, 2.75) is 19.1 Å². The summed E-state index contributed by atoms with van der Waals surface area (Å²) in [7, 11) is 0. The van der Waals surface area contributed by atoms with Gasteiger partial charge in [0.05, 0.1) is 5.02 Å². The van der Waals surface area contributed by atoms with E-state index in [-0.39, 0.29) is 38.3 Å². The van der Waals surface area contributed by atoms with E-state index in [2.05, 4.69) is 5.32 Å². The third-order valence-corrected chi connectivity index (χ3v) is 6.92. The van der Waals surface area contributed by atoms with Gasteiger partial charge < -0.3 is 24.4 Å². The van der Waals surface area contributed by atoms with Gasteiger partial charge in [-0.25, -0.2) is 0 Å². The van der Waals surface area contributed by atoms with Crippen LogP contribution in [0.1, 0.15) is 22.7 Å². The molecule has 1 heterocycles. The summed E-state index contributed by atoms with van der Waals surface area (Å²) >= 11 is 12.3. The molecule has 5 rings (SSSR count). The Morgan fingerprint density at radius 1 is 0.850 bits per heavy atom. The quantitative estimate of drug-likeness (QED) is 0.243. The number of hydrogen-bond acceptors (Lipinski definition) is 5. The minimum Gasteiger partial charge on any atom is -0.482 e. The van der Waals surface area contributed by atoms with Crippen LogP contribution in [0.15, 0.2) is 97.1 Å². The van der Waals surface area contributed by atoms with Crippen molar-refractivity contribution in [3.05, 3.63) is 124 Å². The van der Waals surface area contributed by atoms with Crippen LogP contribution >= 0.6 is 23.2 Å². The Morgan fingerprint density at radius 3 is 2.33 bits per heavy atom. The van der Waals surface area contributed by atoms with E-state index in [0.717, 1.165) is 11.1 Å². The van der Waals surface area contributed by atoms with Crippen LogP contribution in [0.2, 0.25) is 10.0 Å². The fraction of sp³-hybridized carbons (Fsp3) is 0.161. The molecule has 1 N–H and O–H groups in total. The molecule has 4 aromatic rings. The first-order chi connectivity index (χ1) is 19.5. The molecule has 0 aromatic heterocycles. The number of benzene rings is 4. The standard InChI is InChI=1S/C31H26Cl2N2O5/c32-24-13-10-21(11-14-24)18-35(29(36)19-38-26-9-5-4-8-25(26)33)30(23-6-2-1-3-7-23)31(37)34-17-22-12-15-27-28(16-22)40-20-39-27/h1-16,30H,17-20H2,(H,34,37). The third kappa shape index (κ3) is 6.68. The summed E-state index contributed by atoms with van der Waals surface area (Å²) in [5.74, 6) is 0.941. The predicted octanol–water partition coefficient (Wildman–Crippen LogP) is 6.19. The molecule has 0 bridgehead atoms. The van der Waals surface area contributed by atoms with E-state index in [1.165, 1.54) is 4.90 Å². The highest BCUT2D eigenvalue weighted by atomic mass is 35.5. The molecule has 0 fully saturated rings. The van der Waals surface area contributed by atoms with Crippen molar-refractivity contribution >= 4 is 35.0 Å². The fourth-order valence-corrected chi connectivity index (χ4v) is 4.66. The zero-order valence-corrected chi connectivity index (χ0v) is 22.9. The number of halogens is 2. The number of rotatable bonds is 10. The Kier molecular flexibility index (Phi) is 8.74. The summed E-state index contributed by atoms with van der Waals surface area (Å²) in [6, 6.07) is 27.8. The van der Waals surface area contributed by atoms with Crippen LogP contribution in [0.3, 0.4) is 0 Å². The van der Waals surface area contributed by atoms with E-state index in [0.29, 0.717) is 32.9 Å². The van der Waals surface area contributed by atoms with Gasteiger partial charge in [-0.15, -0.1) is 0 Å². The van der Waals surface area contributed by atoms with E-state index >= 15 is 0 Å². The van der Waals surface area contributed by atoms with Crippen molar-refractivity contribution in [3.8, 4) is 17.2 Å². The van der Waals surface area contributed by atoms with Gasteiger partial charge in [-0.05, 0) is 53.1 Å². The van der Waals surface area contributed by atoms with Crippen molar-refractivity contribution in [3.63, 3.8) is 0 Å². The zero-order valence-electron chi connectivity index (χ0n) is 21.4. The van der Waals surface area contributed by atoms with Gasteiger partial charge in [0.15, 0.2) is 18.1 Å². The number of ether oxygens (including phenoxy) is 3. The van der Waals surface area contributed by atoms with Gasteiger partial charge in [0.25, 0.3) is 5.91 Å². The second kappa shape index (κ2) is 12.8. The first-order valence-corrected chi connectivity index (χ1v) is 13.4. The molecule has 0 saturated carbocycles. The molecular weight excluding hydrogens is 551 g/mol. The molecule has 1 aliphatic rings. The molecule has 0 saturated heterocycles. The summed E-state index contributed by atoms with van der Waals surface area (Å²) < 4.78 is 16.6. The van der Waals surface area contributed by atoms with Crippen LogP contribution in [-0.2, 0) is 22.7 Å². The Balaban J connectivity index is 1.42. The number of carbonyl (C=O) groups is 2. The number of nitrogens with zero attached hydrogens (tertiary/aromatic N) is 1. The van der Waals surface area contributed by atoms with Crippen LogP contribution in [0.25, 0.3) is 0 Å². The highest BCUT2D eigenvalue weighted by Crippen LogP contribution is 2.33. The maximum atomic E-state index is 13.8.